The number of aromatic nitrogens is 1. The molecule has 1 aromatic carbocycles. The summed E-state index contributed by atoms with van der Waals surface area (Å²) in [5, 5.41) is 7.11. The summed E-state index contributed by atoms with van der Waals surface area (Å²) >= 11 is 0. The van der Waals surface area contributed by atoms with E-state index in [0.717, 1.165) is 31.1 Å². The van der Waals surface area contributed by atoms with Crippen molar-refractivity contribution in [2.45, 2.75) is 26.7 Å². The van der Waals surface area contributed by atoms with Crippen molar-refractivity contribution < 1.29 is 14.1 Å². The first-order chi connectivity index (χ1) is 12.6. The van der Waals surface area contributed by atoms with Crippen LogP contribution in [0.4, 0.5) is 0 Å². The molecule has 1 N–H and O–H groups in total. The molecular formula is C20H27N3O3. The lowest BCUT2D eigenvalue weighted by atomic mass is 9.99. The second-order valence-corrected chi connectivity index (χ2v) is 6.94. The minimum Gasteiger partial charge on any atom is -0.496 e. The number of ether oxygens (including phenoxy) is 1. The Kier molecular flexibility index (Phi) is 5.93. The van der Waals surface area contributed by atoms with Crippen molar-refractivity contribution in [2.24, 2.45) is 5.92 Å². The minimum absolute atomic E-state index is 0.157. The number of nitrogens with zero attached hydrogens (tertiary/aromatic N) is 2. The van der Waals surface area contributed by atoms with E-state index in [4.69, 9.17) is 9.26 Å². The molecule has 6 nitrogen and oxygen atoms in total. The summed E-state index contributed by atoms with van der Waals surface area (Å²) < 4.78 is 10.7. The molecule has 1 amide bonds. The normalized spacial score (nSPS) is 15.8. The third-order valence-electron chi connectivity index (χ3n) is 5.04. The second-order valence-electron chi connectivity index (χ2n) is 6.94. The molecule has 2 heterocycles. The van der Waals surface area contributed by atoms with Crippen LogP contribution in [-0.2, 0) is 0 Å². The van der Waals surface area contributed by atoms with Crippen LogP contribution >= 0.6 is 0 Å². The number of benzene rings is 1. The smallest absolute Gasteiger partial charge is 0.257 e. The lowest BCUT2D eigenvalue weighted by Gasteiger charge is -2.30. The van der Waals surface area contributed by atoms with Crippen molar-refractivity contribution in [3.05, 3.63) is 35.6 Å². The molecule has 0 saturated carbocycles. The minimum atomic E-state index is -0.157. The van der Waals surface area contributed by atoms with E-state index >= 15 is 0 Å². The van der Waals surface area contributed by atoms with Crippen LogP contribution < -0.4 is 10.1 Å². The van der Waals surface area contributed by atoms with E-state index in [1.165, 1.54) is 12.8 Å². The standard InChI is InChI=1S/C20H27N3O3/c1-14-8-11-23(12-9-14)13-10-21-20(24)18-15(2)26-22-19(18)16-6-4-5-7-17(16)25-3/h4-7,14H,8-13H2,1-3H3,(H,21,24). The highest BCUT2D eigenvalue weighted by Gasteiger charge is 2.23. The number of para-hydroxylation sites is 1. The van der Waals surface area contributed by atoms with Gasteiger partial charge in [-0.3, -0.25) is 4.79 Å². The Morgan fingerprint density at radius 1 is 1.35 bits per heavy atom. The molecule has 0 aliphatic carbocycles. The molecule has 0 atom stereocenters. The highest BCUT2D eigenvalue weighted by atomic mass is 16.5. The van der Waals surface area contributed by atoms with Gasteiger partial charge in [-0.2, -0.15) is 0 Å². The van der Waals surface area contributed by atoms with Gasteiger partial charge in [0.05, 0.1) is 7.11 Å². The van der Waals surface area contributed by atoms with Gasteiger partial charge in [0.15, 0.2) is 0 Å². The van der Waals surface area contributed by atoms with Crippen LogP contribution in [0, 0.1) is 12.8 Å². The average molecular weight is 357 g/mol. The van der Waals surface area contributed by atoms with Gasteiger partial charge in [-0.1, -0.05) is 24.2 Å². The van der Waals surface area contributed by atoms with Gasteiger partial charge in [-0.05, 0) is 50.9 Å². The maximum absolute atomic E-state index is 12.7. The van der Waals surface area contributed by atoms with Gasteiger partial charge < -0.3 is 19.5 Å². The van der Waals surface area contributed by atoms with Crippen LogP contribution in [0.1, 0.15) is 35.9 Å². The van der Waals surface area contributed by atoms with Crippen LogP contribution in [0.15, 0.2) is 28.8 Å². The fourth-order valence-corrected chi connectivity index (χ4v) is 3.37. The lowest BCUT2D eigenvalue weighted by molar-refractivity contribution is 0.0943. The summed E-state index contributed by atoms with van der Waals surface area (Å²) in [5.41, 5.74) is 1.74. The van der Waals surface area contributed by atoms with E-state index < -0.39 is 0 Å². The summed E-state index contributed by atoms with van der Waals surface area (Å²) in [6.07, 6.45) is 2.47. The molecule has 1 fully saturated rings. The maximum atomic E-state index is 12.7. The Morgan fingerprint density at radius 2 is 2.08 bits per heavy atom. The van der Waals surface area contributed by atoms with Crippen molar-refractivity contribution in [2.75, 3.05) is 33.3 Å². The number of aryl methyl sites for hydroxylation is 1. The maximum Gasteiger partial charge on any atom is 0.257 e. The fourth-order valence-electron chi connectivity index (χ4n) is 3.37. The molecule has 3 rings (SSSR count). The molecule has 0 bridgehead atoms. The van der Waals surface area contributed by atoms with Gasteiger partial charge in [-0.25, -0.2) is 0 Å². The van der Waals surface area contributed by atoms with E-state index in [1.807, 2.05) is 24.3 Å². The molecule has 26 heavy (non-hydrogen) atoms. The van der Waals surface area contributed by atoms with Crippen molar-refractivity contribution in [1.29, 1.82) is 0 Å². The first-order valence-corrected chi connectivity index (χ1v) is 9.20. The van der Waals surface area contributed by atoms with E-state index in [9.17, 15) is 4.79 Å². The molecule has 140 valence electrons. The summed E-state index contributed by atoms with van der Waals surface area (Å²) in [6, 6.07) is 7.50. The molecule has 0 radical (unpaired) electrons. The SMILES string of the molecule is COc1ccccc1-c1noc(C)c1C(=O)NCCN1CCC(C)CC1. The number of hydrogen-bond donors (Lipinski definition) is 1. The van der Waals surface area contributed by atoms with E-state index in [-0.39, 0.29) is 5.91 Å². The number of rotatable bonds is 6. The number of likely N-dealkylation sites (tertiary alicyclic amines) is 1. The number of methoxy groups -OCH3 is 1. The topological polar surface area (TPSA) is 67.6 Å². The van der Waals surface area contributed by atoms with Gasteiger partial charge in [0.2, 0.25) is 0 Å². The van der Waals surface area contributed by atoms with Crippen LogP contribution in [0.3, 0.4) is 0 Å². The predicted octanol–water partition coefficient (Wildman–Crippen LogP) is 3.12. The molecule has 0 spiro atoms. The fraction of sp³-hybridized carbons (Fsp3) is 0.500. The second kappa shape index (κ2) is 8.36. The largest absolute Gasteiger partial charge is 0.496 e. The van der Waals surface area contributed by atoms with Gasteiger partial charge in [0.1, 0.15) is 22.8 Å². The zero-order valence-corrected chi connectivity index (χ0v) is 15.7. The number of nitrogens with one attached hydrogen (secondary N) is 1. The first kappa shape index (κ1) is 18.5. The zero-order chi connectivity index (χ0) is 18.5. The first-order valence-electron chi connectivity index (χ1n) is 9.20. The monoisotopic (exact) mass is 357 g/mol. The van der Waals surface area contributed by atoms with Crippen molar-refractivity contribution >= 4 is 5.91 Å². The Balaban J connectivity index is 1.67. The lowest BCUT2D eigenvalue weighted by Crippen LogP contribution is -2.39. The number of carbonyl (C=O) groups excluding carboxylic acids is 1. The Labute approximate surface area is 154 Å². The van der Waals surface area contributed by atoms with Gasteiger partial charge >= 0.3 is 0 Å². The van der Waals surface area contributed by atoms with Crippen molar-refractivity contribution in [1.82, 2.24) is 15.4 Å². The molecule has 0 unspecified atom stereocenters. The molecule has 1 saturated heterocycles. The van der Waals surface area contributed by atoms with Crippen LogP contribution in [0.5, 0.6) is 5.75 Å². The Hall–Kier alpha value is -2.34. The molecule has 2 aromatic rings. The van der Waals surface area contributed by atoms with Crippen molar-refractivity contribution in [3.63, 3.8) is 0 Å². The highest BCUT2D eigenvalue weighted by Crippen LogP contribution is 2.32. The van der Waals surface area contributed by atoms with Crippen LogP contribution in [0.25, 0.3) is 11.3 Å². The zero-order valence-electron chi connectivity index (χ0n) is 15.7. The molecule has 1 aromatic heterocycles. The summed E-state index contributed by atoms with van der Waals surface area (Å²) in [6.45, 7) is 7.75. The number of piperidine rings is 1. The molecule has 6 heteroatoms. The van der Waals surface area contributed by atoms with Crippen LogP contribution in [-0.4, -0.2) is 49.3 Å². The summed E-state index contributed by atoms with van der Waals surface area (Å²) in [7, 11) is 1.60. The van der Waals surface area contributed by atoms with E-state index in [2.05, 4.69) is 22.3 Å². The molecule has 1 aliphatic heterocycles. The summed E-state index contributed by atoms with van der Waals surface area (Å²) in [4.78, 5) is 15.1. The van der Waals surface area contributed by atoms with E-state index in [1.54, 1.807) is 14.0 Å². The highest BCUT2D eigenvalue weighted by molar-refractivity contribution is 6.01. The van der Waals surface area contributed by atoms with E-state index in [0.29, 0.717) is 29.3 Å². The summed E-state index contributed by atoms with van der Waals surface area (Å²) in [5.74, 6) is 1.83. The van der Waals surface area contributed by atoms with Crippen LogP contribution in [0.2, 0.25) is 0 Å². The van der Waals surface area contributed by atoms with Gasteiger partial charge in [0, 0.05) is 18.7 Å². The number of amides is 1. The quantitative estimate of drug-likeness (QED) is 0.860. The predicted molar refractivity (Wildman–Crippen MR) is 100 cm³/mol. The van der Waals surface area contributed by atoms with Crippen molar-refractivity contribution in [3.8, 4) is 17.0 Å². The van der Waals surface area contributed by atoms with Gasteiger partial charge in [0.25, 0.3) is 5.91 Å². The third-order valence-corrected chi connectivity index (χ3v) is 5.04. The number of hydrogen-bond acceptors (Lipinski definition) is 5. The number of carbonyl (C=O) groups is 1. The third kappa shape index (κ3) is 4.07. The molecule has 1 aliphatic rings. The Bertz CT molecular complexity index is 749. The molecular weight excluding hydrogens is 330 g/mol. The van der Waals surface area contributed by atoms with Gasteiger partial charge in [-0.15, -0.1) is 0 Å². The average Bonchev–Trinajstić information content (AvgIpc) is 3.04. The Morgan fingerprint density at radius 3 is 2.81 bits per heavy atom.